The zero-order valence-corrected chi connectivity index (χ0v) is 16.8. The molecule has 2 amide bonds. The van der Waals surface area contributed by atoms with E-state index in [-0.39, 0.29) is 21.9 Å². The number of non-ortho nitro benzene ring substituents is 1. The topological polar surface area (TPSA) is 80.5 Å². The fourth-order valence-electron chi connectivity index (χ4n) is 3.20. The number of rotatable bonds is 6. The number of anilines is 1. The van der Waals surface area contributed by atoms with Crippen LogP contribution in [-0.4, -0.2) is 16.7 Å². The number of nitro groups is 1. The zero-order valence-electron chi connectivity index (χ0n) is 16.0. The van der Waals surface area contributed by atoms with Crippen molar-refractivity contribution in [3.63, 3.8) is 0 Å². The maximum atomic E-state index is 13.3. The van der Waals surface area contributed by atoms with Crippen molar-refractivity contribution in [3.05, 3.63) is 111 Å². The minimum absolute atomic E-state index is 0.116. The number of amides is 2. The number of benzene rings is 3. The van der Waals surface area contributed by atoms with Gasteiger partial charge in [-0.15, -0.1) is 11.8 Å². The van der Waals surface area contributed by atoms with Gasteiger partial charge in [-0.05, 0) is 47.5 Å². The Morgan fingerprint density at radius 2 is 1.52 bits per heavy atom. The fourth-order valence-corrected chi connectivity index (χ4v) is 4.27. The second-order valence-electron chi connectivity index (χ2n) is 6.70. The van der Waals surface area contributed by atoms with Gasteiger partial charge in [0.2, 0.25) is 0 Å². The number of hydrogen-bond acceptors (Lipinski definition) is 5. The monoisotopic (exact) mass is 434 g/mol. The van der Waals surface area contributed by atoms with Crippen LogP contribution in [0.1, 0.15) is 11.1 Å². The molecule has 1 heterocycles. The number of nitrogens with zero attached hydrogens (tertiary/aromatic N) is 2. The highest BCUT2D eigenvalue weighted by molar-refractivity contribution is 8.03. The standard InChI is InChI=1S/C23H15FN2O4S/c24-17-8-12-18(13-9-17)25-22(27)20(16-6-10-19(11-7-16)26(29)30)21(23(25)28)31-14-15-4-2-1-3-5-15/h1-13H,14H2. The second kappa shape index (κ2) is 8.53. The highest BCUT2D eigenvalue weighted by Crippen LogP contribution is 2.39. The summed E-state index contributed by atoms with van der Waals surface area (Å²) in [5.74, 6) is -1.08. The number of imide groups is 1. The van der Waals surface area contributed by atoms with E-state index in [4.69, 9.17) is 0 Å². The molecular weight excluding hydrogens is 419 g/mol. The van der Waals surface area contributed by atoms with E-state index in [1.165, 1.54) is 60.3 Å². The number of carbonyl (C=O) groups excluding carboxylic acids is 2. The van der Waals surface area contributed by atoms with Gasteiger partial charge < -0.3 is 0 Å². The van der Waals surface area contributed by atoms with Gasteiger partial charge in [0.25, 0.3) is 17.5 Å². The van der Waals surface area contributed by atoms with E-state index in [2.05, 4.69) is 0 Å². The Bertz CT molecular complexity index is 1190. The first kappa shape index (κ1) is 20.5. The highest BCUT2D eigenvalue weighted by atomic mass is 32.2. The molecule has 0 aliphatic carbocycles. The summed E-state index contributed by atoms with van der Waals surface area (Å²) < 4.78 is 13.3. The summed E-state index contributed by atoms with van der Waals surface area (Å²) in [5.41, 5.74) is 1.69. The average molecular weight is 434 g/mol. The van der Waals surface area contributed by atoms with E-state index in [1.54, 1.807) is 0 Å². The molecular formula is C23H15FN2O4S. The lowest BCUT2D eigenvalue weighted by Gasteiger charge is -2.15. The van der Waals surface area contributed by atoms with Crippen molar-refractivity contribution in [1.82, 2.24) is 0 Å². The minimum atomic E-state index is -0.555. The summed E-state index contributed by atoms with van der Waals surface area (Å²) in [6.45, 7) is 0. The molecule has 0 aromatic heterocycles. The Labute approximate surface area is 181 Å². The molecule has 0 spiro atoms. The maximum Gasteiger partial charge on any atom is 0.272 e. The number of halogens is 1. The molecule has 0 N–H and O–H groups in total. The van der Waals surface area contributed by atoms with E-state index in [1.807, 2.05) is 30.3 Å². The lowest BCUT2D eigenvalue weighted by Crippen LogP contribution is -2.31. The lowest BCUT2D eigenvalue weighted by molar-refractivity contribution is -0.384. The SMILES string of the molecule is O=C1C(SCc2ccccc2)=C(c2ccc([N+](=O)[O-])cc2)C(=O)N1c1ccc(F)cc1. The molecule has 3 aromatic carbocycles. The van der Waals surface area contributed by atoms with E-state index < -0.39 is 22.6 Å². The van der Waals surface area contributed by atoms with Crippen LogP contribution < -0.4 is 4.90 Å². The van der Waals surface area contributed by atoms with Crippen LogP contribution in [0.15, 0.2) is 83.8 Å². The largest absolute Gasteiger partial charge is 0.272 e. The summed E-state index contributed by atoms with van der Waals surface area (Å²) >= 11 is 1.22. The van der Waals surface area contributed by atoms with Gasteiger partial charge in [-0.25, -0.2) is 9.29 Å². The first-order valence-corrected chi connectivity index (χ1v) is 10.2. The molecule has 0 bridgehead atoms. The quantitative estimate of drug-likeness (QED) is 0.311. The van der Waals surface area contributed by atoms with Crippen molar-refractivity contribution in [2.45, 2.75) is 5.75 Å². The predicted octanol–water partition coefficient (Wildman–Crippen LogP) is 4.95. The fraction of sp³-hybridized carbons (Fsp3) is 0.0435. The van der Waals surface area contributed by atoms with Gasteiger partial charge >= 0.3 is 0 Å². The third-order valence-electron chi connectivity index (χ3n) is 4.72. The Hall–Kier alpha value is -3.78. The summed E-state index contributed by atoms with van der Waals surface area (Å²) in [6.07, 6.45) is 0. The van der Waals surface area contributed by atoms with Gasteiger partial charge in [0.1, 0.15) is 5.82 Å². The first-order chi connectivity index (χ1) is 15.0. The smallest absolute Gasteiger partial charge is 0.268 e. The minimum Gasteiger partial charge on any atom is -0.268 e. The first-order valence-electron chi connectivity index (χ1n) is 9.26. The molecule has 4 rings (SSSR count). The number of thioether (sulfide) groups is 1. The molecule has 0 atom stereocenters. The molecule has 0 saturated heterocycles. The van der Waals surface area contributed by atoms with Gasteiger partial charge in [-0.3, -0.25) is 19.7 Å². The Kier molecular flexibility index (Phi) is 5.64. The van der Waals surface area contributed by atoms with Gasteiger partial charge in [-0.1, -0.05) is 30.3 Å². The van der Waals surface area contributed by atoms with Gasteiger partial charge in [0.15, 0.2) is 0 Å². The third kappa shape index (κ3) is 4.10. The van der Waals surface area contributed by atoms with Crippen LogP contribution >= 0.6 is 11.8 Å². The Balaban J connectivity index is 1.74. The van der Waals surface area contributed by atoms with Crippen molar-refractivity contribution in [1.29, 1.82) is 0 Å². The van der Waals surface area contributed by atoms with Crippen molar-refractivity contribution in [2.75, 3.05) is 4.90 Å². The predicted molar refractivity (Wildman–Crippen MR) is 117 cm³/mol. The van der Waals surface area contributed by atoms with Crippen LogP contribution in [0, 0.1) is 15.9 Å². The average Bonchev–Trinajstić information content (AvgIpc) is 3.03. The van der Waals surface area contributed by atoms with Crippen molar-refractivity contribution in [3.8, 4) is 0 Å². The van der Waals surface area contributed by atoms with E-state index in [0.717, 1.165) is 10.5 Å². The van der Waals surface area contributed by atoms with E-state index in [0.29, 0.717) is 11.3 Å². The van der Waals surface area contributed by atoms with Gasteiger partial charge in [-0.2, -0.15) is 0 Å². The van der Waals surface area contributed by atoms with Crippen LogP contribution in [0.4, 0.5) is 15.8 Å². The van der Waals surface area contributed by atoms with Crippen LogP contribution in [0.5, 0.6) is 0 Å². The molecule has 3 aromatic rings. The van der Waals surface area contributed by atoms with Crippen LogP contribution in [0.25, 0.3) is 5.57 Å². The van der Waals surface area contributed by atoms with Crippen LogP contribution in [0.3, 0.4) is 0 Å². The highest BCUT2D eigenvalue weighted by Gasteiger charge is 2.40. The molecule has 6 nitrogen and oxygen atoms in total. The van der Waals surface area contributed by atoms with Crippen molar-refractivity contribution < 1.29 is 18.9 Å². The molecule has 31 heavy (non-hydrogen) atoms. The van der Waals surface area contributed by atoms with Crippen molar-refractivity contribution in [2.24, 2.45) is 0 Å². The maximum absolute atomic E-state index is 13.3. The number of hydrogen-bond donors (Lipinski definition) is 0. The molecule has 0 radical (unpaired) electrons. The molecule has 1 aliphatic rings. The summed E-state index contributed by atoms with van der Waals surface area (Å²) in [6, 6.07) is 20.1. The molecule has 0 saturated carbocycles. The summed E-state index contributed by atoms with van der Waals surface area (Å²) in [5, 5.41) is 11.0. The van der Waals surface area contributed by atoms with E-state index >= 15 is 0 Å². The molecule has 1 aliphatic heterocycles. The summed E-state index contributed by atoms with van der Waals surface area (Å²) in [4.78, 5) is 38.1. The third-order valence-corrected chi connectivity index (χ3v) is 5.86. The van der Waals surface area contributed by atoms with E-state index in [9.17, 15) is 24.1 Å². The Morgan fingerprint density at radius 3 is 2.13 bits per heavy atom. The van der Waals surface area contributed by atoms with Crippen LogP contribution in [-0.2, 0) is 15.3 Å². The van der Waals surface area contributed by atoms with Crippen molar-refractivity contribution >= 4 is 40.5 Å². The Morgan fingerprint density at radius 1 is 0.871 bits per heavy atom. The van der Waals surface area contributed by atoms with Crippen LogP contribution in [0.2, 0.25) is 0 Å². The molecule has 8 heteroatoms. The molecule has 0 unspecified atom stereocenters. The number of carbonyl (C=O) groups is 2. The molecule has 154 valence electrons. The second-order valence-corrected chi connectivity index (χ2v) is 7.69. The summed E-state index contributed by atoms with van der Waals surface area (Å²) in [7, 11) is 0. The lowest BCUT2D eigenvalue weighted by atomic mass is 10.1. The zero-order chi connectivity index (χ0) is 22.0. The molecule has 0 fully saturated rings. The van der Waals surface area contributed by atoms with Gasteiger partial charge in [0.05, 0.1) is 21.1 Å². The van der Waals surface area contributed by atoms with Gasteiger partial charge in [0, 0.05) is 17.9 Å². The normalized spacial score (nSPS) is 13.8. The number of nitro benzene ring substituents is 1.